The summed E-state index contributed by atoms with van der Waals surface area (Å²) in [7, 11) is 0.975. The zero-order valence-corrected chi connectivity index (χ0v) is 19.1. The van der Waals surface area contributed by atoms with Gasteiger partial charge in [-0.2, -0.15) is 0 Å². The summed E-state index contributed by atoms with van der Waals surface area (Å²) in [5, 5.41) is 9.86. The maximum absolute atomic E-state index is 9.86. The first-order valence-electron chi connectivity index (χ1n) is 9.99. The second-order valence-corrected chi connectivity index (χ2v) is 10.1. The molecule has 2 aromatic rings. The van der Waals surface area contributed by atoms with Gasteiger partial charge in [-0.05, 0) is 53.6 Å². The molecule has 2 rings (SSSR count). The first-order valence-corrected chi connectivity index (χ1v) is 14.3. The van der Waals surface area contributed by atoms with Crippen molar-refractivity contribution in [2.75, 3.05) is 0 Å². The lowest BCUT2D eigenvalue weighted by Crippen LogP contribution is -1.92. The zero-order chi connectivity index (χ0) is 18.6. The van der Waals surface area contributed by atoms with Gasteiger partial charge in [-0.3, -0.25) is 0 Å². The predicted molar refractivity (Wildman–Crippen MR) is 124 cm³/mol. The molecule has 140 valence electrons. The summed E-state index contributed by atoms with van der Waals surface area (Å²) >= 11 is 2.46. The van der Waals surface area contributed by atoms with Crippen molar-refractivity contribution in [2.24, 2.45) is 0 Å². The third-order valence-electron chi connectivity index (χ3n) is 4.89. The molecule has 1 nitrogen and oxygen atoms in total. The van der Waals surface area contributed by atoms with E-state index in [4.69, 9.17) is 0 Å². The number of aromatic hydroxyl groups is 1. The highest BCUT2D eigenvalue weighted by molar-refractivity contribution is 14.1. The Morgan fingerprint density at radius 3 is 2.31 bits per heavy atom. The fourth-order valence-corrected chi connectivity index (χ4v) is 4.83. The molecule has 0 aliphatic rings. The van der Waals surface area contributed by atoms with Gasteiger partial charge in [-0.25, -0.2) is 0 Å². The lowest BCUT2D eigenvalue weighted by molar-refractivity contribution is 0.474. The highest BCUT2D eigenvalue weighted by Crippen LogP contribution is 2.29. The van der Waals surface area contributed by atoms with Crippen LogP contribution in [0.25, 0.3) is 11.1 Å². The molecule has 0 spiro atoms. The standard InChI is InChI=1S/C23H31IOSi/c1-2-3-4-5-6-7-9-19-11-13-20(14-12-19)23-16-15-22(25)18-21(23)10-8-17-26-24/h11-16,18,25H,2-10,17H2,1H3. The van der Waals surface area contributed by atoms with E-state index in [-0.39, 0.29) is 0 Å². The van der Waals surface area contributed by atoms with Crippen LogP contribution in [0.4, 0.5) is 0 Å². The van der Waals surface area contributed by atoms with E-state index in [9.17, 15) is 5.11 Å². The second kappa shape index (κ2) is 12.6. The van der Waals surface area contributed by atoms with Crippen LogP contribution in [-0.2, 0) is 12.8 Å². The quantitative estimate of drug-likeness (QED) is 0.146. The number of phenols is 1. The number of hydrogen-bond acceptors (Lipinski definition) is 1. The van der Waals surface area contributed by atoms with Crippen LogP contribution < -0.4 is 0 Å². The Hall–Kier alpha value is -0.813. The van der Waals surface area contributed by atoms with E-state index in [1.165, 1.54) is 79.7 Å². The van der Waals surface area contributed by atoms with Gasteiger partial charge in [0.25, 0.3) is 0 Å². The van der Waals surface area contributed by atoms with Crippen molar-refractivity contribution >= 4 is 28.8 Å². The third kappa shape index (κ3) is 7.43. The molecule has 1 N–H and O–H groups in total. The SMILES string of the molecule is CCCCCCCCc1ccc(-c2ccc(O)cc2CCC[Si]I)cc1. The molecule has 26 heavy (non-hydrogen) atoms. The normalized spacial score (nSPS) is 11.0. The van der Waals surface area contributed by atoms with E-state index in [2.05, 4.69) is 59.1 Å². The lowest BCUT2D eigenvalue weighted by atomic mass is 9.95. The van der Waals surface area contributed by atoms with Gasteiger partial charge >= 0.3 is 0 Å². The number of hydrogen-bond donors (Lipinski definition) is 1. The Labute approximate surface area is 174 Å². The van der Waals surface area contributed by atoms with Gasteiger partial charge in [-0.15, -0.1) is 21.8 Å². The minimum absolute atomic E-state index is 0.375. The summed E-state index contributed by atoms with van der Waals surface area (Å²) in [5.74, 6) is 0.375. The van der Waals surface area contributed by atoms with E-state index in [1.807, 2.05) is 12.1 Å². The number of benzene rings is 2. The Morgan fingerprint density at radius 2 is 1.58 bits per heavy atom. The van der Waals surface area contributed by atoms with Gasteiger partial charge in [0.15, 0.2) is 0 Å². The molecule has 0 saturated carbocycles. The first kappa shape index (κ1) is 21.5. The summed E-state index contributed by atoms with van der Waals surface area (Å²) in [4.78, 5) is 0. The van der Waals surface area contributed by atoms with Crippen molar-refractivity contribution in [1.82, 2.24) is 0 Å². The smallest absolute Gasteiger partial charge is 0.130 e. The number of unbranched alkanes of at least 4 members (excludes halogenated alkanes) is 5. The van der Waals surface area contributed by atoms with Crippen LogP contribution in [0.3, 0.4) is 0 Å². The van der Waals surface area contributed by atoms with Crippen LogP contribution in [0, 0.1) is 0 Å². The van der Waals surface area contributed by atoms with Gasteiger partial charge in [0.1, 0.15) is 12.8 Å². The maximum Gasteiger partial charge on any atom is 0.130 e. The van der Waals surface area contributed by atoms with Crippen LogP contribution in [0.5, 0.6) is 5.75 Å². The first-order chi connectivity index (χ1) is 12.7. The molecule has 0 unspecified atom stereocenters. The summed E-state index contributed by atoms with van der Waals surface area (Å²) in [6.45, 7) is 2.27. The third-order valence-corrected chi connectivity index (χ3v) is 7.05. The average Bonchev–Trinajstić information content (AvgIpc) is 2.66. The molecular weight excluding hydrogens is 447 g/mol. The van der Waals surface area contributed by atoms with Gasteiger partial charge in [0, 0.05) is 0 Å². The molecule has 0 atom stereocenters. The van der Waals surface area contributed by atoms with Crippen molar-refractivity contribution in [3.05, 3.63) is 53.6 Å². The summed E-state index contributed by atoms with van der Waals surface area (Å²) in [6.07, 6.45) is 11.5. The van der Waals surface area contributed by atoms with Crippen molar-refractivity contribution in [1.29, 1.82) is 0 Å². The van der Waals surface area contributed by atoms with Crippen molar-refractivity contribution < 1.29 is 5.11 Å². The van der Waals surface area contributed by atoms with Crippen LogP contribution in [-0.4, -0.2) is 12.1 Å². The zero-order valence-electron chi connectivity index (χ0n) is 15.9. The molecule has 0 fully saturated rings. The lowest BCUT2D eigenvalue weighted by Gasteiger charge is -2.11. The van der Waals surface area contributed by atoms with E-state index < -0.39 is 0 Å². The molecule has 0 heterocycles. The Balaban J connectivity index is 1.95. The van der Waals surface area contributed by atoms with Gasteiger partial charge in [0.05, 0.1) is 0 Å². The number of halogens is 1. The molecular formula is C23H31IOSi. The monoisotopic (exact) mass is 478 g/mol. The molecule has 2 radical (unpaired) electrons. The summed E-state index contributed by atoms with van der Waals surface area (Å²) in [6, 6.07) is 16.1. The van der Waals surface area contributed by atoms with Gasteiger partial charge in [-0.1, -0.05) is 81.8 Å². The van der Waals surface area contributed by atoms with Crippen LogP contribution in [0.1, 0.15) is 63.0 Å². The van der Waals surface area contributed by atoms with E-state index in [1.54, 1.807) is 0 Å². The minimum Gasteiger partial charge on any atom is -0.508 e. The molecule has 0 aliphatic heterocycles. The van der Waals surface area contributed by atoms with Gasteiger partial charge in [0.2, 0.25) is 0 Å². The topological polar surface area (TPSA) is 20.2 Å². The summed E-state index contributed by atoms with van der Waals surface area (Å²) < 4.78 is 0. The van der Waals surface area contributed by atoms with Crippen molar-refractivity contribution in [3.8, 4) is 16.9 Å². The molecule has 0 saturated heterocycles. The Kier molecular flexibility index (Phi) is 10.4. The second-order valence-electron chi connectivity index (χ2n) is 7.04. The van der Waals surface area contributed by atoms with Crippen LogP contribution in [0.2, 0.25) is 6.04 Å². The molecule has 0 bridgehead atoms. The molecule has 0 aliphatic carbocycles. The van der Waals surface area contributed by atoms with Crippen LogP contribution >= 0.6 is 21.8 Å². The highest BCUT2D eigenvalue weighted by Gasteiger charge is 2.07. The van der Waals surface area contributed by atoms with Crippen molar-refractivity contribution in [3.63, 3.8) is 0 Å². The highest BCUT2D eigenvalue weighted by atomic mass is 127. The largest absolute Gasteiger partial charge is 0.508 e. The molecule has 0 amide bonds. The van der Waals surface area contributed by atoms with E-state index in [0.29, 0.717) is 5.75 Å². The molecule has 0 aromatic heterocycles. The minimum atomic E-state index is 0.375. The maximum atomic E-state index is 9.86. The number of rotatable bonds is 12. The van der Waals surface area contributed by atoms with E-state index >= 15 is 0 Å². The Morgan fingerprint density at radius 1 is 0.846 bits per heavy atom. The van der Waals surface area contributed by atoms with E-state index in [0.717, 1.165) is 13.4 Å². The predicted octanol–water partition coefficient (Wildman–Crippen LogP) is 7.37. The number of aryl methyl sites for hydroxylation is 2. The van der Waals surface area contributed by atoms with Gasteiger partial charge < -0.3 is 5.11 Å². The molecule has 2 aromatic carbocycles. The Bertz CT molecular complexity index is 639. The number of phenolic OH excluding ortho intramolecular Hbond substituents is 1. The van der Waals surface area contributed by atoms with Crippen molar-refractivity contribution in [2.45, 2.75) is 70.8 Å². The summed E-state index contributed by atoms with van der Waals surface area (Å²) in [5.41, 5.74) is 5.24. The fraction of sp³-hybridized carbons (Fsp3) is 0.478. The molecule has 3 heteroatoms. The average molecular weight is 478 g/mol. The van der Waals surface area contributed by atoms with Crippen LogP contribution in [0.15, 0.2) is 42.5 Å². The fourth-order valence-electron chi connectivity index (χ4n) is 3.37.